The zero-order valence-electron chi connectivity index (χ0n) is 16.5. The summed E-state index contributed by atoms with van der Waals surface area (Å²) in [6, 6.07) is 7.74. The Bertz CT molecular complexity index is 1180. The van der Waals surface area contributed by atoms with Crippen LogP contribution in [0.25, 0.3) is 5.57 Å². The molecule has 5 rings (SSSR count). The summed E-state index contributed by atoms with van der Waals surface area (Å²) in [5.74, 6) is 0.100. The number of nitrogens with zero attached hydrogens (tertiary/aromatic N) is 2. The predicted molar refractivity (Wildman–Crippen MR) is 113 cm³/mol. The number of nitrogens with one attached hydrogen (secondary N) is 1. The van der Waals surface area contributed by atoms with E-state index in [2.05, 4.69) is 9.97 Å². The average Bonchev–Trinajstić information content (AvgIpc) is 3.20. The van der Waals surface area contributed by atoms with Crippen molar-refractivity contribution in [1.82, 2.24) is 9.97 Å². The molecule has 1 N–H and O–H groups in total. The number of thioether (sulfide) groups is 1. The zero-order chi connectivity index (χ0) is 20.5. The van der Waals surface area contributed by atoms with Gasteiger partial charge in [0.15, 0.2) is 5.78 Å². The van der Waals surface area contributed by atoms with E-state index in [1.54, 1.807) is 11.9 Å². The summed E-state index contributed by atoms with van der Waals surface area (Å²) in [6.07, 6.45) is 2.83. The molecule has 6 nitrogen and oxygen atoms in total. The van der Waals surface area contributed by atoms with Crippen LogP contribution in [-0.2, 0) is 20.8 Å². The third-order valence-corrected chi connectivity index (χ3v) is 7.17. The van der Waals surface area contributed by atoms with Crippen LogP contribution in [0.3, 0.4) is 0 Å². The fourth-order valence-corrected chi connectivity index (χ4v) is 5.81. The number of Topliss-reactive ketones (excluding diaryl/α,β-unsaturated/α-hetero) is 1. The molecule has 1 aromatic heterocycles. The van der Waals surface area contributed by atoms with E-state index >= 15 is 0 Å². The van der Waals surface area contributed by atoms with Crippen molar-refractivity contribution in [2.24, 2.45) is 0 Å². The summed E-state index contributed by atoms with van der Waals surface area (Å²) < 4.78 is 0. The number of benzene rings is 1. The van der Waals surface area contributed by atoms with Gasteiger partial charge in [-0.25, -0.2) is 4.98 Å². The summed E-state index contributed by atoms with van der Waals surface area (Å²) in [5.41, 5.74) is 3.51. The highest BCUT2D eigenvalue weighted by Gasteiger charge is 2.60. The van der Waals surface area contributed by atoms with E-state index in [4.69, 9.17) is 0 Å². The molecule has 3 aliphatic rings. The topological polar surface area (TPSA) is 83.1 Å². The molecular weight excluding hydrogens is 386 g/mol. The fourth-order valence-electron chi connectivity index (χ4n) is 5.34. The monoisotopic (exact) mass is 407 g/mol. The Labute approximate surface area is 172 Å². The summed E-state index contributed by atoms with van der Waals surface area (Å²) in [6.45, 7) is 1.96. The Kier molecular flexibility index (Phi) is 3.90. The number of aromatic amines is 1. The van der Waals surface area contributed by atoms with Gasteiger partial charge in [0, 0.05) is 42.1 Å². The minimum Gasteiger partial charge on any atom is -0.322 e. The molecule has 29 heavy (non-hydrogen) atoms. The van der Waals surface area contributed by atoms with E-state index in [1.165, 1.54) is 11.8 Å². The number of allylic oxidation sites excluding steroid dienone is 1. The van der Waals surface area contributed by atoms with Crippen molar-refractivity contribution in [2.45, 2.75) is 36.9 Å². The van der Waals surface area contributed by atoms with Gasteiger partial charge < -0.3 is 9.88 Å². The maximum atomic E-state index is 13.7. The molecule has 2 heterocycles. The number of para-hydroxylation sites is 1. The largest absolute Gasteiger partial charge is 0.322 e. The highest BCUT2D eigenvalue weighted by molar-refractivity contribution is 7.97. The Balaban J connectivity index is 1.88. The van der Waals surface area contributed by atoms with Crippen molar-refractivity contribution in [3.8, 4) is 0 Å². The lowest BCUT2D eigenvalue weighted by Gasteiger charge is -2.40. The first-order valence-electron chi connectivity index (χ1n) is 9.69. The summed E-state index contributed by atoms with van der Waals surface area (Å²) in [4.78, 5) is 48.7. The van der Waals surface area contributed by atoms with Gasteiger partial charge in [0.05, 0.1) is 5.69 Å². The van der Waals surface area contributed by atoms with Gasteiger partial charge in [-0.3, -0.25) is 14.4 Å². The van der Waals surface area contributed by atoms with Crippen LogP contribution in [0.1, 0.15) is 48.3 Å². The van der Waals surface area contributed by atoms with Gasteiger partial charge in [-0.1, -0.05) is 25.1 Å². The second kappa shape index (κ2) is 6.16. The number of hydrogen-bond donors (Lipinski definition) is 1. The highest BCUT2D eigenvalue weighted by atomic mass is 32.2. The molecule has 1 aliphatic heterocycles. The normalized spacial score (nSPS) is 24.9. The van der Waals surface area contributed by atoms with E-state index in [0.717, 1.165) is 16.8 Å². The number of carbonyl (C=O) groups is 2. The van der Waals surface area contributed by atoms with Crippen LogP contribution in [0.2, 0.25) is 0 Å². The number of fused-ring (bicyclic) bond motifs is 5. The van der Waals surface area contributed by atoms with Gasteiger partial charge in [0.2, 0.25) is 5.91 Å². The first kappa shape index (κ1) is 18.4. The molecule has 0 saturated heterocycles. The minimum atomic E-state index is -0.967. The standard InChI is InChI=1S/C22H21N3O3S/c1-11-18-19(23-14(10-29-3)20(27)24-18)17-13(8-9-16(17)26)22(11)12-6-4-5-7-15(12)25(2)21(22)28/h4-7,11H,8-10H2,1-3H3,(H,24,27). The molecule has 2 aliphatic carbocycles. The SMILES string of the molecule is CSCc1nc2c([nH]c1=O)C(C)C1(C(=O)N(C)c3ccccc31)C1=C2C(=O)CC1. The Morgan fingerprint density at radius 3 is 2.76 bits per heavy atom. The number of ketones is 1. The van der Waals surface area contributed by atoms with Crippen molar-refractivity contribution in [3.63, 3.8) is 0 Å². The van der Waals surface area contributed by atoms with E-state index < -0.39 is 5.41 Å². The van der Waals surface area contributed by atoms with Crippen molar-refractivity contribution < 1.29 is 9.59 Å². The van der Waals surface area contributed by atoms with Crippen LogP contribution in [0.15, 0.2) is 34.6 Å². The number of anilines is 1. The van der Waals surface area contributed by atoms with E-state index in [-0.39, 0.29) is 23.2 Å². The number of likely N-dealkylation sites (N-methyl/N-ethyl adjacent to an activating group) is 1. The van der Waals surface area contributed by atoms with Crippen molar-refractivity contribution >= 4 is 34.7 Å². The minimum absolute atomic E-state index is 0.00186. The van der Waals surface area contributed by atoms with Crippen LogP contribution >= 0.6 is 11.8 Å². The highest BCUT2D eigenvalue weighted by Crippen LogP contribution is 2.60. The quantitative estimate of drug-likeness (QED) is 0.828. The maximum Gasteiger partial charge on any atom is 0.270 e. The fraction of sp³-hybridized carbons (Fsp3) is 0.364. The number of aromatic nitrogens is 2. The van der Waals surface area contributed by atoms with E-state index in [1.807, 2.05) is 37.4 Å². The predicted octanol–water partition coefficient (Wildman–Crippen LogP) is 2.78. The molecule has 2 unspecified atom stereocenters. The lowest BCUT2D eigenvalue weighted by Crippen LogP contribution is -2.47. The smallest absolute Gasteiger partial charge is 0.270 e. The number of rotatable bonds is 2. The summed E-state index contributed by atoms with van der Waals surface area (Å²) >= 11 is 1.51. The third kappa shape index (κ3) is 2.14. The van der Waals surface area contributed by atoms with Crippen molar-refractivity contribution in [1.29, 1.82) is 0 Å². The van der Waals surface area contributed by atoms with Gasteiger partial charge in [-0.2, -0.15) is 11.8 Å². The average molecular weight is 407 g/mol. The molecule has 0 radical (unpaired) electrons. The first-order chi connectivity index (χ1) is 13.9. The Morgan fingerprint density at radius 2 is 2.00 bits per heavy atom. The summed E-state index contributed by atoms with van der Waals surface area (Å²) in [5, 5.41) is 0. The third-order valence-electron chi connectivity index (χ3n) is 6.60. The molecule has 1 aromatic carbocycles. The molecule has 2 atom stereocenters. The van der Waals surface area contributed by atoms with E-state index in [0.29, 0.717) is 41.2 Å². The lowest BCUT2D eigenvalue weighted by atomic mass is 9.61. The summed E-state index contributed by atoms with van der Waals surface area (Å²) in [7, 11) is 1.78. The number of carbonyl (C=O) groups excluding carboxylic acids is 2. The van der Waals surface area contributed by atoms with Crippen LogP contribution in [0.5, 0.6) is 0 Å². The van der Waals surface area contributed by atoms with Gasteiger partial charge in [0.1, 0.15) is 11.1 Å². The van der Waals surface area contributed by atoms with Crippen LogP contribution in [-0.4, -0.2) is 35.0 Å². The molecule has 7 heteroatoms. The maximum absolute atomic E-state index is 13.7. The molecule has 0 saturated carbocycles. The molecule has 0 fully saturated rings. The molecule has 2 aromatic rings. The Morgan fingerprint density at radius 1 is 1.24 bits per heavy atom. The lowest BCUT2D eigenvalue weighted by molar-refractivity contribution is -0.122. The molecular formula is C22H21N3O3S. The Hall–Kier alpha value is -2.67. The van der Waals surface area contributed by atoms with Gasteiger partial charge >= 0.3 is 0 Å². The number of hydrogen-bond acceptors (Lipinski definition) is 5. The number of amides is 1. The molecule has 1 amide bonds. The van der Waals surface area contributed by atoms with Gasteiger partial charge in [-0.15, -0.1) is 0 Å². The van der Waals surface area contributed by atoms with Crippen molar-refractivity contribution in [2.75, 3.05) is 18.2 Å². The molecule has 1 spiro atoms. The second-order valence-electron chi connectivity index (χ2n) is 7.90. The van der Waals surface area contributed by atoms with Crippen LogP contribution in [0, 0.1) is 0 Å². The number of H-pyrrole nitrogens is 1. The van der Waals surface area contributed by atoms with Crippen LogP contribution in [0.4, 0.5) is 5.69 Å². The molecule has 148 valence electrons. The van der Waals surface area contributed by atoms with Gasteiger partial charge in [0.25, 0.3) is 5.56 Å². The van der Waals surface area contributed by atoms with E-state index in [9.17, 15) is 14.4 Å². The second-order valence-corrected chi connectivity index (χ2v) is 8.76. The first-order valence-corrected chi connectivity index (χ1v) is 11.1. The molecule has 0 bridgehead atoms. The van der Waals surface area contributed by atoms with Gasteiger partial charge in [-0.05, 0) is 29.9 Å². The van der Waals surface area contributed by atoms with Crippen LogP contribution < -0.4 is 10.5 Å². The zero-order valence-corrected chi connectivity index (χ0v) is 17.4. The van der Waals surface area contributed by atoms with Crippen molar-refractivity contribution in [3.05, 3.63) is 62.8 Å².